The Kier molecular flexibility index (Phi) is 3.58. The minimum atomic E-state index is -1.18. The largest absolute Gasteiger partial charge is 0.394 e. The molecule has 0 saturated carbocycles. The fourth-order valence-corrected chi connectivity index (χ4v) is 2.61. The molecule has 10 heteroatoms. The number of aromatic amines is 1. The maximum absolute atomic E-state index is 10.0. The number of aliphatic hydroxyl groups excluding tert-OH is 3. The molecule has 0 unspecified atom stereocenters. The molecule has 0 aliphatic carbocycles. The molecule has 1 aliphatic heterocycles. The molecule has 20 heavy (non-hydrogen) atoms. The summed E-state index contributed by atoms with van der Waals surface area (Å²) in [5.74, 6) is 0. The van der Waals surface area contributed by atoms with Gasteiger partial charge in [0.15, 0.2) is 0 Å². The van der Waals surface area contributed by atoms with E-state index in [9.17, 15) is 10.2 Å². The van der Waals surface area contributed by atoms with Gasteiger partial charge in [-0.15, -0.1) is 0 Å². The lowest BCUT2D eigenvalue weighted by atomic mass is 10.1. The highest BCUT2D eigenvalue weighted by molar-refractivity contribution is 7.97. The van der Waals surface area contributed by atoms with Crippen molar-refractivity contribution in [2.45, 2.75) is 29.4 Å². The maximum atomic E-state index is 10.0. The molecular formula is C10H13N5O4S. The van der Waals surface area contributed by atoms with Gasteiger partial charge in [0.1, 0.15) is 46.8 Å². The van der Waals surface area contributed by atoms with Crippen LogP contribution in [0.4, 0.5) is 0 Å². The quantitative estimate of drug-likeness (QED) is 0.336. The zero-order chi connectivity index (χ0) is 14.3. The molecule has 4 atom stereocenters. The number of aromatic nitrogens is 4. The molecule has 1 fully saturated rings. The molecule has 0 amide bonds. The van der Waals surface area contributed by atoms with Crippen LogP contribution in [0.5, 0.6) is 0 Å². The van der Waals surface area contributed by atoms with Crippen LogP contribution in [0.15, 0.2) is 11.4 Å². The number of fused-ring (bicyclic) bond motifs is 1. The highest BCUT2D eigenvalue weighted by Crippen LogP contribution is 2.35. The number of H-pyrrole nitrogens is 1. The van der Waals surface area contributed by atoms with Crippen LogP contribution in [-0.4, -0.2) is 60.4 Å². The first-order valence-corrected chi connectivity index (χ1v) is 6.73. The molecule has 3 heterocycles. The van der Waals surface area contributed by atoms with E-state index in [-0.39, 0.29) is 6.61 Å². The van der Waals surface area contributed by atoms with Gasteiger partial charge in [-0.1, -0.05) is 0 Å². The Morgan fingerprint density at radius 1 is 1.30 bits per heavy atom. The highest BCUT2D eigenvalue weighted by Gasteiger charge is 2.44. The van der Waals surface area contributed by atoms with Crippen LogP contribution in [0.2, 0.25) is 0 Å². The number of rotatable bonds is 3. The second-order valence-corrected chi connectivity index (χ2v) is 5.01. The fraction of sp³-hybridized carbons (Fsp3) is 0.500. The second kappa shape index (κ2) is 5.24. The molecule has 0 aromatic carbocycles. The van der Waals surface area contributed by atoms with Crippen molar-refractivity contribution in [3.05, 3.63) is 12.0 Å². The SMILES string of the molecule is NSc1ncnc2c([C@@H]3O[C@H](CO)[C@@H](O)[C@H]3O)[nH]nc12. The van der Waals surface area contributed by atoms with E-state index in [1.54, 1.807) is 0 Å². The van der Waals surface area contributed by atoms with E-state index < -0.39 is 24.4 Å². The molecule has 2 aromatic heterocycles. The molecule has 6 N–H and O–H groups in total. The van der Waals surface area contributed by atoms with Crippen molar-refractivity contribution in [3.8, 4) is 0 Å². The molecule has 9 nitrogen and oxygen atoms in total. The van der Waals surface area contributed by atoms with Crippen molar-refractivity contribution in [3.63, 3.8) is 0 Å². The monoisotopic (exact) mass is 299 g/mol. The summed E-state index contributed by atoms with van der Waals surface area (Å²) in [4.78, 5) is 8.08. The molecule has 2 aromatic rings. The lowest BCUT2D eigenvalue weighted by molar-refractivity contribution is -0.0236. The Labute approximate surface area is 117 Å². The second-order valence-electron chi connectivity index (χ2n) is 4.39. The van der Waals surface area contributed by atoms with E-state index in [1.807, 2.05) is 0 Å². The van der Waals surface area contributed by atoms with Crippen molar-refractivity contribution in [1.82, 2.24) is 20.2 Å². The van der Waals surface area contributed by atoms with E-state index >= 15 is 0 Å². The summed E-state index contributed by atoms with van der Waals surface area (Å²) in [5.41, 5.74) is 1.34. The van der Waals surface area contributed by atoms with E-state index in [1.165, 1.54) is 6.33 Å². The molecule has 0 spiro atoms. The third-order valence-electron chi connectivity index (χ3n) is 3.27. The maximum Gasteiger partial charge on any atom is 0.144 e. The van der Waals surface area contributed by atoms with Crippen molar-refractivity contribution < 1.29 is 20.1 Å². The zero-order valence-electron chi connectivity index (χ0n) is 10.2. The number of hydrogen-bond acceptors (Lipinski definition) is 9. The number of ether oxygens (including phenoxy) is 1. The van der Waals surface area contributed by atoms with E-state index in [2.05, 4.69) is 20.2 Å². The summed E-state index contributed by atoms with van der Waals surface area (Å²) < 4.78 is 5.44. The Morgan fingerprint density at radius 2 is 2.10 bits per heavy atom. The average Bonchev–Trinajstić information content (AvgIpc) is 3.01. The van der Waals surface area contributed by atoms with Crippen molar-refractivity contribution in [2.24, 2.45) is 5.14 Å². The standard InChI is InChI=1S/C10H13N5O4S/c11-20-10-6-4(12-2-13-10)5(14-15-6)9-8(18)7(17)3(1-16)19-9/h2-3,7-9,16-18H,1,11H2,(H,14,15)/t3-,7-,8-,9+/m1/s1. The molecule has 0 radical (unpaired) electrons. The zero-order valence-corrected chi connectivity index (χ0v) is 11.0. The smallest absolute Gasteiger partial charge is 0.144 e. The number of nitrogens with one attached hydrogen (secondary N) is 1. The normalized spacial score (nSPS) is 30.2. The van der Waals surface area contributed by atoms with Crippen LogP contribution in [0, 0.1) is 0 Å². The van der Waals surface area contributed by atoms with Crippen LogP contribution in [0.3, 0.4) is 0 Å². The van der Waals surface area contributed by atoms with Gasteiger partial charge in [0.05, 0.1) is 12.3 Å². The summed E-state index contributed by atoms with van der Waals surface area (Å²) in [7, 11) is 0. The van der Waals surface area contributed by atoms with Gasteiger partial charge in [-0.25, -0.2) is 9.97 Å². The third-order valence-corrected chi connectivity index (χ3v) is 3.79. The summed E-state index contributed by atoms with van der Waals surface area (Å²) in [6, 6.07) is 0. The highest BCUT2D eigenvalue weighted by atomic mass is 32.2. The predicted molar refractivity (Wildman–Crippen MR) is 68.4 cm³/mol. The van der Waals surface area contributed by atoms with Crippen LogP contribution in [0.25, 0.3) is 11.0 Å². The first kappa shape index (κ1) is 13.7. The van der Waals surface area contributed by atoms with Crippen molar-refractivity contribution in [1.29, 1.82) is 0 Å². The number of aliphatic hydroxyl groups is 3. The van der Waals surface area contributed by atoms with E-state index in [0.717, 1.165) is 11.9 Å². The fourth-order valence-electron chi connectivity index (χ4n) is 2.25. The summed E-state index contributed by atoms with van der Waals surface area (Å²) >= 11 is 0.934. The molecule has 3 rings (SSSR count). The number of hydrogen-bond donors (Lipinski definition) is 5. The first-order valence-electron chi connectivity index (χ1n) is 5.85. The van der Waals surface area contributed by atoms with Gasteiger partial charge in [-0.2, -0.15) is 5.10 Å². The van der Waals surface area contributed by atoms with Crippen LogP contribution < -0.4 is 5.14 Å². The molecule has 1 aliphatic rings. The van der Waals surface area contributed by atoms with Crippen molar-refractivity contribution in [2.75, 3.05) is 6.61 Å². The van der Waals surface area contributed by atoms with Gasteiger partial charge >= 0.3 is 0 Å². The summed E-state index contributed by atoms with van der Waals surface area (Å²) in [6.07, 6.45) is -2.72. The van der Waals surface area contributed by atoms with Gasteiger partial charge in [-0.3, -0.25) is 10.2 Å². The minimum absolute atomic E-state index is 0.389. The Bertz CT molecular complexity index is 623. The molecule has 0 bridgehead atoms. The molecule has 1 saturated heterocycles. The lowest BCUT2D eigenvalue weighted by Crippen LogP contribution is -2.32. The average molecular weight is 299 g/mol. The summed E-state index contributed by atoms with van der Waals surface area (Å²) in [6.45, 7) is -0.389. The minimum Gasteiger partial charge on any atom is -0.394 e. The Hall–Kier alpha value is -1.30. The first-order chi connectivity index (χ1) is 9.67. The molecule has 108 valence electrons. The Morgan fingerprint density at radius 3 is 2.75 bits per heavy atom. The number of nitrogens with zero attached hydrogens (tertiary/aromatic N) is 3. The van der Waals surface area contributed by atoms with Crippen LogP contribution >= 0.6 is 11.9 Å². The van der Waals surface area contributed by atoms with Gasteiger partial charge < -0.3 is 20.1 Å². The van der Waals surface area contributed by atoms with Crippen molar-refractivity contribution >= 4 is 23.0 Å². The van der Waals surface area contributed by atoms with Crippen LogP contribution in [-0.2, 0) is 4.74 Å². The predicted octanol–water partition coefficient (Wildman–Crippen LogP) is -1.53. The van der Waals surface area contributed by atoms with Gasteiger partial charge in [0, 0.05) is 0 Å². The van der Waals surface area contributed by atoms with E-state index in [4.69, 9.17) is 15.0 Å². The topological polar surface area (TPSA) is 150 Å². The van der Waals surface area contributed by atoms with Gasteiger partial charge in [0.25, 0.3) is 0 Å². The molecular weight excluding hydrogens is 286 g/mol. The Balaban J connectivity index is 2.03. The number of nitrogens with two attached hydrogens (primary N) is 1. The summed E-state index contributed by atoms with van der Waals surface area (Å²) in [5, 5.41) is 41.6. The van der Waals surface area contributed by atoms with Crippen LogP contribution in [0.1, 0.15) is 11.8 Å². The lowest BCUT2D eigenvalue weighted by Gasteiger charge is -2.12. The third kappa shape index (κ3) is 1.97. The van der Waals surface area contributed by atoms with Gasteiger partial charge in [0.2, 0.25) is 0 Å². The van der Waals surface area contributed by atoms with Gasteiger partial charge in [-0.05, 0) is 11.9 Å². The van der Waals surface area contributed by atoms with E-state index in [0.29, 0.717) is 21.8 Å².